The molecule has 4 heteroatoms. The van der Waals surface area contributed by atoms with E-state index in [0.29, 0.717) is 11.3 Å². The minimum absolute atomic E-state index is 0.223. The number of amides is 1. The molecule has 0 aromatic rings. The van der Waals surface area contributed by atoms with E-state index < -0.39 is 0 Å². The van der Waals surface area contributed by atoms with Crippen LogP contribution >= 0.6 is 0 Å². The normalized spacial score (nSPS) is 35.1. The molecule has 1 amide bonds. The van der Waals surface area contributed by atoms with Gasteiger partial charge in [0.05, 0.1) is 5.92 Å². The molecule has 0 aromatic heterocycles. The molecule has 2 saturated heterocycles. The number of carbonyl (C=O) groups excluding carboxylic acids is 1. The van der Waals surface area contributed by atoms with Crippen molar-refractivity contribution in [1.82, 2.24) is 15.5 Å². The number of piperidine rings is 1. The molecule has 2 atom stereocenters. The Balaban J connectivity index is 1.46. The fraction of sp³-hybridized carbons (Fsp3) is 0.938. The van der Waals surface area contributed by atoms with E-state index in [-0.39, 0.29) is 5.92 Å². The number of carbonyl (C=O) groups is 1. The molecule has 3 fully saturated rings. The van der Waals surface area contributed by atoms with Gasteiger partial charge >= 0.3 is 0 Å². The lowest BCUT2D eigenvalue weighted by Crippen LogP contribution is -2.47. The van der Waals surface area contributed by atoms with E-state index in [9.17, 15) is 4.79 Å². The van der Waals surface area contributed by atoms with Gasteiger partial charge in [0.15, 0.2) is 0 Å². The monoisotopic (exact) mass is 279 g/mol. The molecule has 4 nitrogen and oxygen atoms in total. The predicted molar refractivity (Wildman–Crippen MR) is 80.5 cm³/mol. The van der Waals surface area contributed by atoms with Gasteiger partial charge in [-0.2, -0.15) is 0 Å². The molecule has 0 bridgehead atoms. The van der Waals surface area contributed by atoms with Crippen LogP contribution in [0.3, 0.4) is 0 Å². The smallest absolute Gasteiger partial charge is 0.224 e. The number of likely N-dealkylation sites (tertiary alicyclic amines) is 1. The third kappa shape index (κ3) is 3.73. The fourth-order valence-electron chi connectivity index (χ4n) is 3.67. The van der Waals surface area contributed by atoms with E-state index in [4.69, 9.17) is 0 Å². The minimum Gasteiger partial charge on any atom is -0.356 e. The summed E-state index contributed by atoms with van der Waals surface area (Å²) in [5.74, 6) is 1.30. The van der Waals surface area contributed by atoms with E-state index in [2.05, 4.69) is 22.5 Å². The van der Waals surface area contributed by atoms with Crippen molar-refractivity contribution in [2.24, 2.45) is 17.3 Å². The second-order valence-electron chi connectivity index (χ2n) is 7.50. The van der Waals surface area contributed by atoms with E-state index in [0.717, 1.165) is 45.1 Å². The summed E-state index contributed by atoms with van der Waals surface area (Å²) in [5, 5.41) is 6.63. The number of rotatable bonds is 5. The van der Waals surface area contributed by atoms with Gasteiger partial charge in [0, 0.05) is 26.2 Å². The van der Waals surface area contributed by atoms with Gasteiger partial charge in [0.25, 0.3) is 0 Å². The van der Waals surface area contributed by atoms with Crippen LogP contribution in [-0.4, -0.2) is 50.1 Å². The van der Waals surface area contributed by atoms with E-state index in [1.807, 2.05) is 0 Å². The molecule has 2 N–H and O–H groups in total. The van der Waals surface area contributed by atoms with Gasteiger partial charge in [0.2, 0.25) is 5.91 Å². The maximum atomic E-state index is 12.2. The SMILES string of the molecule is CC1(CN2CCCC(C(=O)NCC3CC3)C2)CCNC1. The summed E-state index contributed by atoms with van der Waals surface area (Å²) in [6, 6.07) is 0. The van der Waals surface area contributed by atoms with Crippen molar-refractivity contribution >= 4 is 5.91 Å². The minimum atomic E-state index is 0.223. The molecule has 2 aliphatic heterocycles. The number of hydrogen-bond donors (Lipinski definition) is 2. The quantitative estimate of drug-likeness (QED) is 0.795. The molecule has 3 rings (SSSR count). The lowest BCUT2D eigenvalue weighted by atomic mass is 9.87. The van der Waals surface area contributed by atoms with Crippen molar-refractivity contribution in [2.75, 3.05) is 39.3 Å². The summed E-state index contributed by atoms with van der Waals surface area (Å²) in [4.78, 5) is 14.8. The molecule has 3 aliphatic rings. The Kier molecular flexibility index (Phi) is 4.32. The largest absolute Gasteiger partial charge is 0.356 e. The lowest BCUT2D eigenvalue weighted by Gasteiger charge is -2.37. The molecule has 1 aliphatic carbocycles. The Labute approximate surface area is 122 Å². The van der Waals surface area contributed by atoms with Crippen LogP contribution in [0, 0.1) is 17.3 Å². The van der Waals surface area contributed by atoms with Gasteiger partial charge in [-0.05, 0) is 56.5 Å². The highest BCUT2D eigenvalue weighted by molar-refractivity contribution is 5.79. The van der Waals surface area contributed by atoms with Crippen molar-refractivity contribution in [3.8, 4) is 0 Å². The van der Waals surface area contributed by atoms with Gasteiger partial charge in [0.1, 0.15) is 0 Å². The summed E-state index contributed by atoms with van der Waals surface area (Å²) in [5.41, 5.74) is 0.409. The summed E-state index contributed by atoms with van der Waals surface area (Å²) in [6.07, 6.45) is 6.12. The third-order valence-corrected chi connectivity index (χ3v) is 5.20. The first-order valence-electron chi connectivity index (χ1n) is 8.35. The Morgan fingerprint density at radius 1 is 1.40 bits per heavy atom. The number of nitrogens with one attached hydrogen (secondary N) is 2. The lowest BCUT2D eigenvalue weighted by molar-refractivity contribution is -0.126. The number of nitrogens with zero attached hydrogens (tertiary/aromatic N) is 1. The Bertz CT molecular complexity index is 348. The molecule has 20 heavy (non-hydrogen) atoms. The second kappa shape index (κ2) is 6.02. The molecule has 2 heterocycles. The standard InChI is InChI=1S/C16H29N3O/c1-16(6-7-17-11-16)12-19-8-2-3-14(10-19)15(20)18-9-13-4-5-13/h13-14,17H,2-12H2,1H3,(H,18,20). The molecule has 1 saturated carbocycles. The maximum absolute atomic E-state index is 12.2. The predicted octanol–water partition coefficient (Wildman–Crippen LogP) is 1.22. The van der Waals surface area contributed by atoms with E-state index in [1.54, 1.807) is 0 Å². The van der Waals surface area contributed by atoms with E-state index >= 15 is 0 Å². The molecule has 2 unspecified atom stereocenters. The fourth-order valence-corrected chi connectivity index (χ4v) is 3.67. The van der Waals surface area contributed by atoms with Crippen molar-refractivity contribution in [2.45, 2.75) is 39.0 Å². The Morgan fingerprint density at radius 2 is 2.25 bits per heavy atom. The average molecular weight is 279 g/mol. The zero-order valence-electron chi connectivity index (χ0n) is 12.8. The van der Waals surface area contributed by atoms with Crippen LogP contribution < -0.4 is 10.6 Å². The van der Waals surface area contributed by atoms with Crippen LogP contribution in [0.2, 0.25) is 0 Å². The first kappa shape index (κ1) is 14.3. The zero-order valence-corrected chi connectivity index (χ0v) is 12.8. The Morgan fingerprint density at radius 3 is 2.95 bits per heavy atom. The van der Waals surface area contributed by atoms with Crippen LogP contribution in [0.5, 0.6) is 0 Å². The van der Waals surface area contributed by atoms with Crippen molar-refractivity contribution in [3.05, 3.63) is 0 Å². The molecule has 0 spiro atoms. The van der Waals surface area contributed by atoms with Gasteiger partial charge in [-0.15, -0.1) is 0 Å². The molecule has 0 aromatic carbocycles. The van der Waals surface area contributed by atoms with Gasteiger partial charge < -0.3 is 15.5 Å². The average Bonchev–Trinajstić information content (AvgIpc) is 3.18. The molecule has 114 valence electrons. The van der Waals surface area contributed by atoms with Crippen LogP contribution in [0.4, 0.5) is 0 Å². The third-order valence-electron chi connectivity index (χ3n) is 5.20. The zero-order chi connectivity index (χ0) is 14.0. The number of hydrogen-bond acceptors (Lipinski definition) is 3. The van der Waals surface area contributed by atoms with Crippen molar-refractivity contribution < 1.29 is 4.79 Å². The summed E-state index contributed by atoms with van der Waals surface area (Å²) < 4.78 is 0. The Hall–Kier alpha value is -0.610. The highest BCUT2D eigenvalue weighted by atomic mass is 16.1. The topological polar surface area (TPSA) is 44.4 Å². The maximum Gasteiger partial charge on any atom is 0.224 e. The van der Waals surface area contributed by atoms with Gasteiger partial charge in [-0.3, -0.25) is 4.79 Å². The van der Waals surface area contributed by atoms with Gasteiger partial charge in [-0.25, -0.2) is 0 Å². The summed E-state index contributed by atoms with van der Waals surface area (Å²) >= 11 is 0. The summed E-state index contributed by atoms with van der Waals surface area (Å²) in [7, 11) is 0. The second-order valence-corrected chi connectivity index (χ2v) is 7.50. The molecular formula is C16H29N3O. The van der Waals surface area contributed by atoms with E-state index in [1.165, 1.54) is 32.2 Å². The molecule has 0 radical (unpaired) electrons. The first-order valence-corrected chi connectivity index (χ1v) is 8.35. The first-order chi connectivity index (χ1) is 9.65. The molecular weight excluding hydrogens is 250 g/mol. The van der Waals surface area contributed by atoms with Crippen LogP contribution in [0.1, 0.15) is 39.0 Å². The summed E-state index contributed by atoms with van der Waals surface area (Å²) in [6.45, 7) is 8.85. The van der Waals surface area contributed by atoms with Crippen LogP contribution in [0.25, 0.3) is 0 Å². The van der Waals surface area contributed by atoms with Crippen molar-refractivity contribution in [3.63, 3.8) is 0 Å². The van der Waals surface area contributed by atoms with Crippen molar-refractivity contribution in [1.29, 1.82) is 0 Å². The van der Waals surface area contributed by atoms with Crippen LogP contribution in [-0.2, 0) is 4.79 Å². The van der Waals surface area contributed by atoms with Gasteiger partial charge in [-0.1, -0.05) is 6.92 Å². The van der Waals surface area contributed by atoms with Crippen LogP contribution in [0.15, 0.2) is 0 Å². The highest BCUT2D eigenvalue weighted by Crippen LogP contribution is 2.29. The highest BCUT2D eigenvalue weighted by Gasteiger charge is 2.34.